The Kier molecular flexibility index (Phi) is 1.37. The van der Waals surface area contributed by atoms with Gasteiger partial charge in [0.1, 0.15) is 5.10 Å². The second kappa shape index (κ2) is 2.49. The Labute approximate surface area is 63.6 Å². The lowest BCUT2D eigenvalue weighted by Crippen LogP contribution is -2.20. The molecule has 1 aromatic rings. The van der Waals surface area contributed by atoms with Gasteiger partial charge < -0.3 is 0 Å². The minimum atomic E-state index is 0.700. The fraction of sp³-hybridized carbons (Fsp3) is 0. The van der Waals surface area contributed by atoms with E-state index in [1.807, 2.05) is 30.3 Å². The second-order valence-corrected chi connectivity index (χ2v) is 2.12. The van der Waals surface area contributed by atoms with Crippen LogP contribution in [0.1, 0.15) is 5.56 Å². The maximum atomic E-state index is 3.77. The molecule has 1 radical (unpaired) electrons. The Morgan fingerprint density at radius 2 is 2.00 bits per heavy atom. The van der Waals surface area contributed by atoms with Gasteiger partial charge >= 0.3 is 5.84 Å². The summed E-state index contributed by atoms with van der Waals surface area (Å²) in [6, 6.07) is 9.73. The van der Waals surface area contributed by atoms with Crippen LogP contribution in [0.3, 0.4) is 0 Å². The van der Waals surface area contributed by atoms with Crippen LogP contribution in [-0.2, 0) is 0 Å². The lowest BCUT2D eigenvalue weighted by Gasteiger charge is -1.89. The summed E-state index contributed by atoms with van der Waals surface area (Å²) in [6.45, 7) is 0. The van der Waals surface area contributed by atoms with E-state index in [0.717, 1.165) is 5.56 Å². The van der Waals surface area contributed by atoms with Crippen LogP contribution in [0.4, 0.5) is 0 Å². The summed E-state index contributed by atoms with van der Waals surface area (Å²) in [5, 5.41) is 10.7. The third-order valence-corrected chi connectivity index (χ3v) is 1.39. The van der Waals surface area contributed by atoms with Crippen molar-refractivity contribution in [2.24, 2.45) is 10.3 Å². The van der Waals surface area contributed by atoms with Crippen LogP contribution >= 0.6 is 0 Å². The smallest absolute Gasteiger partial charge is 0.118 e. The summed E-state index contributed by atoms with van der Waals surface area (Å²) >= 11 is 0. The molecule has 0 aromatic heterocycles. The Balaban J connectivity index is 2.31. The normalized spacial score (nSPS) is 14.4. The van der Waals surface area contributed by atoms with Crippen molar-refractivity contribution < 1.29 is 0 Å². The molecule has 0 amide bonds. The molecule has 0 spiro atoms. The van der Waals surface area contributed by atoms with Crippen LogP contribution in [0.25, 0.3) is 0 Å². The van der Waals surface area contributed by atoms with Crippen LogP contribution in [-0.4, -0.2) is 5.84 Å². The molecule has 0 saturated carbocycles. The lowest BCUT2D eigenvalue weighted by atomic mass is 10.2. The molecular weight excluding hydrogens is 140 g/mol. The number of hydrogen-bond acceptors (Lipinski definition) is 4. The molecule has 1 N–H and O–H groups in total. The first-order valence-corrected chi connectivity index (χ1v) is 3.26. The third kappa shape index (κ3) is 1.10. The summed E-state index contributed by atoms with van der Waals surface area (Å²) in [7, 11) is 0. The Morgan fingerprint density at radius 3 is 2.64 bits per heavy atom. The first kappa shape index (κ1) is 6.03. The van der Waals surface area contributed by atoms with Gasteiger partial charge in [0, 0.05) is 5.56 Å². The van der Waals surface area contributed by atoms with Gasteiger partial charge in [0.25, 0.3) is 0 Å². The van der Waals surface area contributed by atoms with Gasteiger partial charge in [0.05, 0.1) is 0 Å². The van der Waals surface area contributed by atoms with Crippen molar-refractivity contribution >= 4 is 5.84 Å². The van der Waals surface area contributed by atoms with Crippen molar-refractivity contribution in [3.05, 3.63) is 35.9 Å². The van der Waals surface area contributed by atoms with Crippen molar-refractivity contribution in [3.8, 4) is 0 Å². The van der Waals surface area contributed by atoms with Crippen LogP contribution in [0.15, 0.2) is 40.7 Å². The standard InChI is InChI=1S/C7H6N4/c1-2-4-6(5-3-1)7-8-10-11-9-7/h1-5H,(H,8,9,10)/q+1. The molecule has 2 rings (SSSR count). The summed E-state index contributed by atoms with van der Waals surface area (Å²) in [6.07, 6.45) is 0. The third-order valence-electron chi connectivity index (χ3n) is 1.39. The molecule has 0 aliphatic carbocycles. The van der Waals surface area contributed by atoms with E-state index in [1.165, 1.54) is 0 Å². The molecule has 53 valence electrons. The first-order chi connectivity index (χ1) is 5.47. The number of amidine groups is 1. The van der Waals surface area contributed by atoms with E-state index in [9.17, 15) is 0 Å². The van der Waals surface area contributed by atoms with Crippen LogP contribution in [0.2, 0.25) is 0 Å². The van der Waals surface area contributed by atoms with E-state index in [0.29, 0.717) is 5.84 Å². The highest BCUT2D eigenvalue weighted by Gasteiger charge is 2.15. The molecule has 0 unspecified atom stereocenters. The molecular formula is C7H6N4+. The topological polar surface area (TPSA) is 50.9 Å². The zero-order valence-electron chi connectivity index (χ0n) is 5.73. The van der Waals surface area contributed by atoms with E-state index in [4.69, 9.17) is 0 Å². The zero-order valence-corrected chi connectivity index (χ0v) is 5.73. The predicted molar refractivity (Wildman–Crippen MR) is 40.7 cm³/mol. The monoisotopic (exact) mass is 146 g/mol. The second-order valence-electron chi connectivity index (χ2n) is 2.12. The molecule has 4 heteroatoms. The number of hydrogen-bond donors (Lipinski definition) is 1. The van der Waals surface area contributed by atoms with E-state index >= 15 is 0 Å². The highest BCUT2D eigenvalue weighted by Crippen LogP contribution is 2.00. The number of nitrogens with zero attached hydrogens (tertiary/aromatic N) is 3. The molecule has 0 fully saturated rings. The number of nitrogens with one attached hydrogen (secondary N) is 1. The molecule has 1 aliphatic heterocycles. The predicted octanol–water partition coefficient (Wildman–Crippen LogP) is 0.654. The first-order valence-electron chi connectivity index (χ1n) is 3.26. The van der Waals surface area contributed by atoms with Crippen LogP contribution in [0, 0.1) is 0 Å². The minimum Gasteiger partial charge on any atom is -0.118 e. The quantitative estimate of drug-likeness (QED) is 0.621. The summed E-state index contributed by atoms with van der Waals surface area (Å²) < 4.78 is 0. The fourth-order valence-electron chi connectivity index (χ4n) is 0.877. The average molecular weight is 146 g/mol. The molecule has 0 saturated heterocycles. The molecule has 11 heavy (non-hydrogen) atoms. The maximum Gasteiger partial charge on any atom is 0.316 e. The minimum absolute atomic E-state index is 0.700. The van der Waals surface area contributed by atoms with Crippen LogP contribution < -0.4 is 10.6 Å². The Morgan fingerprint density at radius 1 is 1.18 bits per heavy atom. The average Bonchev–Trinajstić information content (AvgIpc) is 2.58. The largest absolute Gasteiger partial charge is 0.316 e. The lowest BCUT2D eigenvalue weighted by molar-refractivity contribution is 0.818. The van der Waals surface area contributed by atoms with Gasteiger partial charge in [-0.15, -0.1) is 5.43 Å². The Hall–Kier alpha value is -1.71. The summed E-state index contributed by atoms with van der Waals surface area (Å²) in [5.41, 5.74) is 3.68. The summed E-state index contributed by atoms with van der Waals surface area (Å²) in [5.74, 6) is 0.700. The van der Waals surface area contributed by atoms with Gasteiger partial charge in [-0.25, -0.2) is 0 Å². The van der Waals surface area contributed by atoms with Crippen LogP contribution in [0.5, 0.6) is 0 Å². The number of benzene rings is 1. The fourth-order valence-corrected chi connectivity index (χ4v) is 0.877. The highest BCUT2D eigenvalue weighted by atomic mass is 15.6. The van der Waals surface area contributed by atoms with Gasteiger partial charge in [-0.2, -0.15) is 0 Å². The molecule has 1 aliphatic rings. The van der Waals surface area contributed by atoms with Crippen molar-refractivity contribution in [1.29, 1.82) is 0 Å². The van der Waals surface area contributed by atoms with E-state index in [2.05, 4.69) is 21.0 Å². The van der Waals surface area contributed by atoms with Gasteiger partial charge in [0.15, 0.2) is 5.22 Å². The van der Waals surface area contributed by atoms with Crippen molar-refractivity contribution in [3.63, 3.8) is 0 Å². The molecule has 4 nitrogen and oxygen atoms in total. The highest BCUT2D eigenvalue weighted by molar-refractivity contribution is 5.98. The zero-order chi connectivity index (χ0) is 7.52. The molecule has 0 bridgehead atoms. The van der Waals surface area contributed by atoms with Crippen molar-refractivity contribution in [1.82, 2.24) is 10.6 Å². The SMILES string of the molecule is c1ccc(C2=NN=[N+]N2)cc1. The van der Waals surface area contributed by atoms with E-state index in [-0.39, 0.29) is 0 Å². The van der Waals surface area contributed by atoms with Crippen molar-refractivity contribution in [2.45, 2.75) is 0 Å². The van der Waals surface area contributed by atoms with Crippen molar-refractivity contribution in [2.75, 3.05) is 0 Å². The van der Waals surface area contributed by atoms with E-state index in [1.54, 1.807) is 0 Å². The maximum absolute atomic E-state index is 3.77. The van der Waals surface area contributed by atoms with Gasteiger partial charge in [0.2, 0.25) is 5.22 Å². The Bertz CT molecular complexity index is 301. The molecule has 0 atom stereocenters. The molecule has 1 aromatic carbocycles. The molecule has 1 heterocycles. The van der Waals surface area contributed by atoms with E-state index < -0.39 is 0 Å². The summed E-state index contributed by atoms with van der Waals surface area (Å²) in [4.78, 5) is 0. The van der Waals surface area contributed by atoms with Gasteiger partial charge in [-0.05, 0) is 12.1 Å². The van der Waals surface area contributed by atoms with Gasteiger partial charge in [-0.3, -0.25) is 0 Å². The number of rotatable bonds is 1. The van der Waals surface area contributed by atoms with Gasteiger partial charge in [-0.1, -0.05) is 18.2 Å².